The largest absolute Gasteiger partial charge is 0.507 e. The normalized spacial score (nSPS) is 11.2. The summed E-state index contributed by atoms with van der Waals surface area (Å²) in [5.41, 5.74) is 0.304. The molecule has 0 spiro atoms. The van der Waals surface area contributed by atoms with Gasteiger partial charge in [0.05, 0.1) is 17.3 Å². The summed E-state index contributed by atoms with van der Waals surface area (Å²) in [5.74, 6) is 0.165. The lowest BCUT2D eigenvalue weighted by Gasteiger charge is -2.13. The fourth-order valence-corrected chi connectivity index (χ4v) is 4.20. The molecule has 0 aliphatic heterocycles. The topological polar surface area (TPSA) is 75.6 Å². The Hall–Kier alpha value is -1.25. The van der Waals surface area contributed by atoms with Gasteiger partial charge in [-0.25, -0.2) is 8.42 Å². The summed E-state index contributed by atoms with van der Waals surface area (Å²) in [4.78, 5) is -0.196. The van der Waals surface area contributed by atoms with Gasteiger partial charge in [-0.3, -0.25) is 4.72 Å². The number of nitrogens with one attached hydrogen (secondary N) is 1. The van der Waals surface area contributed by atoms with Gasteiger partial charge in [-0.2, -0.15) is 0 Å². The van der Waals surface area contributed by atoms with E-state index in [-0.39, 0.29) is 10.6 Å². The maximum absolute atomic E-state index is 12.3. The van der Waals surface area contributed by atoms with Gasteiger partial charge in [0.25, 0.3) is 10.0 Å². The van der Waals surface area contributed by atoms with Crippen LogP contribution >= 0.6 is 31.9 Å². The number of rotatable bonds is 4. The van der Waals surface area contributed by atoms with Crippen molar-refractivity contribution in [1.82, 2.24) is 0 Å². The molecule has 21 heavy (non-hydrogen) atoms. The molecule has 0 aliphatic rings. The number of anilines is 1. The van der Waals surface area contributed by atoms with Crippen molar-refractivity contribution in [2.75, 3.05) is 11.8 Å². The van der Waals surface area contributed by atoms with Gasteiger partial charge in [0, 0.05) is 10.5 Å². The quantitative estimate of drug-likeness (QED) is 0.765. The summed E-state index contributed by atoms with van der Waals surface area (Å²) in [6.07, 6.45) is 0. The third kappa shape index (κ3) is 3.50. The highest BCUT2D eigenvalue weighted by Gasteiger charge is 2.20. The number of hydrogen-bond acceptors (Lipinski definition) is 4. The average molecular weight is 437 g/mol. The lowest BCUT2D eigenvalue weighted by atomic mass is 10.3. The van der Waals surface area contributed by atoms with Crippen LogP contribution in [0.1, 0.15) is 0 Å². The number of benzene rings is 2. The number of phenols is 1. The van der Waals surface area contributed by atoms with Crippen molar-refractivity contribution in [3.63, 3.8) is 0 Å². The van der Waals surface area contributed by atoms with E-state index in [1.807, 2.05) is 0 Å². The van der Waals surface area contributed by atoms with Crippen molar-refractivity contribution >= 4 is 47.6 Å². The molecule has 2 aromatic carbocycles. The first-order valence-electron chi connectivity index (χ1n) is 5.69. The van der Waals surface area contributed by atoms with Crippen LogP contribution in [0.15, 0.2) is 50.2 Å². The van der Waals surface area contributed by atoms with Gasteiger partial charge in [0.1, 0.15) is 16.4 Å². The van der Waals surface area contributed by atoms with Gasteiger partial charge in [-0.1, -0.05) is 12.1 Å². The SMILES string of the molecule is COc1cc(NS(=O)(=O)c2ccccc2O)c(Br)cc1Br. The van der Waals surface area contributed by atoms with E-state index in [2.05, 4.69) is 36.6 Å². The number of methoxy groups -OCH3 is 1. The van der Waals surface area contributed by atoms with E-state index in [1.165, 1.54) is 31.4 Å². The van der Waals surface area contributed by atoms with Crippen molar-refractivity contribution in [3.8, 4) is 11.5 Å². The molecule has 0 saturated heterocycles. The molecule has 0 aromatic heterocycles. The zero-order valence-corrected chi connectivity index (χ0v) is 14.8. The van der Waals surface area contributed by atoms with Crippen LogP contribution in [0, 0.1) is 0 Å². The van der Waals surface area contributed by atoms with Gasteiger partial charge in [-0.15, -0.1) is 0 Å². The summed E-state index contributed by atoms with van der Waals surface area (Å²) in [7, 11) is -2.42. The number of aromatic hydroxyl groups is 1. The summed E-state index contributed by atoms with van der Waals surface area (Å²) in [6.45, 7) is 0. The summed E-state index contributed by atoms with van der Waals surface area (Å²) in [5, 5.41) is 9.68. The molecule has 0 atom stereocenters. The fourth-order valence-electron chi connectivity index (χ4n) is 1.65. The van der Waals surface area contributed by atoms with Crippen LogP contribution in [0.25, 0.3) is 0 Å². The molecular formula is C13H11Br2NO4S. The van der Waals surface area contributed by atoms with Gasteiger partial charge in [0.15, 0.2) is 0 Å². The molecule has 0 aliphatic carbocycles. The van der Waals surface area contributed by atoms with E-state index in [0.717, 1.165) is 0 Å². The first-order valence-corrected chi connectivity index (χ1v) is 8.76. The first-order chi connectivity index (χ1) is 9.85. The molecule has 0 radical (unpaired) electrons. The molecule has 8 heteroatoms. The second kappa shape index (κ2) is 6.25. The fraction of sp³-hybridized carbons (Fsp3) is 0.0769. The number of ether oxygens (including phenoxy) is 1. The lowest BCUT2D eigenvalue weighted by Crippen LogP contribution is -2.13. The van der Waals surface area contributed by atoms with Crippen molar-refractivity contribution in [2.45, 2.75) is 4.90 Å². The van der Waals surface area contributed by atoms with Crippen molar-refractivity contribution in [1.29, 1.82) is 0 Å². The van der Waals surface area contributed by atoms with Gasteiger partial charge in [0.2, 0.25) is 0 Å². The highest BCUT2D eigenvalue weighted by molar-refractivity contribution is 9.11. The lowest BCUT2D eigenvalue weighted by molar-refractivity contribution is 0.412. The molecule has 0 heterocycles. The minimum atomic E-state index is -3.91. The van der Waals surface area contributed by atoms with Crippen LogP contribution in [0.4, 0.5) is 5.69 Å². The second-order valence-electron chi connectivity index (χ2n) is 4.04. The van der Waals surface area contributed by atoms with E-state index in [0.29, 0.717) is 20.4 Å². The number of halogens is 2. The van der Waals surface area contributed by atoms with Crippen LogP contribution in [-0.2, 0) is 10.0 Å². The standard InChI is InChI=1S/C13H11Br2NO4S/c1-20-12-7-10(8(14)6-9(12)15)16-21(18,19)13-5-3-2-4-11(13)17/h2-7,16-17H,1H3. The maximum Gasteiger partial charge on any atom is 0.265 e. The molecule has 112 valence electrons. The summed E-state index contributed by atoms with van der Waals surface area (Å²) < 4.78 is 33.4. The van der Waals surface area contributed by atoms with E-state index in [9.17, 15) is 13.5 Å². The minimum Gasteiger partial charge on any atom is -0.507 e. The average Bonchev–Trinajstić information content (AvgIpc) is 2.42. The van der Waals surface area contributed by atoms with E-state index in [1.54, 1.807) is 12.1 Å². The van der Waals surface area contributed by atoms with Gasteiger partial charge < -0.3 is 9.84 Å². The highest BCUT2D eigenvalue weighted by Crippen LogP contribution is 2.36. The smallest absolute Gasteiger partial charge is 0.265 e. The van der Waals surface area contributed by atoms with Gasteiger partial charge >= 0.3 is 0 Å². The summed E-state index contributed by atoms with van der Waals surface area (Å²) in [6, 6.07) is 8.92. The third-order valence-corrected chi connectivity index (χ3v) is 5.33. The molecule has 0 bridgehead atoms. The number of phenolic OH excluding ortho intramolecular Hbond substituents is 1. The van der Waals surface area contributed by atoms with Crippen molar-refractivity contribution in [2.24, 2.45) is 0 Å². The van der Waals surface area contributed by atoms with Crippen LogP contribution in [-0.4, -0.2) is 20.6 Å². The Bertz CT molecular complexity index is 778. The van der Waals surface area contributed by atoms with E-state index < -0.39 is 10.0 Å². The Balaban J connectivity index is 2.44. The first kappa shape index (κ1) is 16.1. The van der Waals surface area contributed by atoms with Crippen molar-refractivity contribution in [3.05, 3.63) is 45.3 Å². The van der Waals surface area contributed by atoms with E-state index >= 15 is 0 Å². The molecule has 5 nitrogen and oxygen atoms in total. The Labute approximate surface area is 139 Å². The number of para-hydroxylation sites is 1. The molecule has 0 unspecified atom stereocenters. The molecule has 2 N–H and O–H groups in total. The third-order valence-electron chi connectivity index (χ3n) is 2.64. The van der Waals surface area contributed by atoms with Crippen molar-refractivity contribution < 1.29 is 18.3 Å². The Morgan fingerprint density at radius 3 is 2.43 bits per heavy atom. The predicted molar refractivity (Wildman–Crippen MR) is 87.3 cm³/mol. The number of hydrogen-bond donors (Lipinski definition) is 2. The van der Waals surface area contributed by atoms with Crippen LogP contribution in [0.2, 0.25) is 0 Å². The van der Waals surface area contributed by atoms with Crippen LogP contribution < -0.4 is 9.46 Å². The predicted octanol–water partition coefficient (Wildman–Crippen LogP) is 3.73. The Morgan fingerprint density at radius 1 is 1.14 bits per heavy atom. The zero-order chi connectivity index (χ0) is 15.6. The summed E-state index contributed by atoms with van der Waals surface area (Å²) >= 11 is 6.58. The highest BCUT2D eigenvalue weighted by atomic mass is 79.9. The maximum atomic E-state index is 12.3. The number of sulfonamides is 1. The Kier molecular flexibility index (Phi) is 4.80. The minimum absolute atomic E-state index is 0.196. The molecule has 2 aromatic rings. The van der Waals surface area contributed by atoms with Crippen LogP contribution in [0.3, 0.4) is 0 Å². The van der Waals surface area contributed by atoms with E-state index in [4.69, 9.17) is 4.74 Å². The monoisotopic (exact) mass is 435 g/mol. The van der Waals surface area contributed by atoms with Gasteiger partial charge in [-0.05, 0) is 50.1 Å². The molecular weight excluding hydrogens is 426 g/mol. The molecule has 0 amide bonds. The van der Waals surface area contributed by atoms with Crippen LogP contribution in [0.5, 0.6) is 11.5 Å². The molecule has 0 saturated carbocycles. The molecule has 2 rings (SSSR count). The molecule has 0 fully saturated rings. The Morgan fingerprint density at radius 2 is 1.81 bits per heavy atom. The second-order valence-corrected chi connectivity index (χ2v) is 7.40. The zero-order valence-electron chi connectivity index (χ0n) is 10.8.